The SMILES string of the molecule is CCOC(CC)P(=O)(NC(=O)O)SS. The fraction of sp³-hybridized carbons (Fsp3) is 0.833. The van der Waals surface area contributed by atoms with Crippen LogP contribution in [0.5, 0.6) is 0 Å². The van der Waals surface area contributed by atoms with E-state index in [1.807, 2.05) is 5.09 Å². The predicted octanol–water partition coefficient (Wildman–Crippen LogP) is 2.80. The topological polar surface area (TPSA) is 75.6 Å². The maximum Gasteiger partial charge on any atom is 0.410 e. The number of amides is 1. The van der Waals surface area contributed by atoms with Gasteiger partial charge in [0.2, 0.25) is 0 Å². The monoisotopic (exact) mass is 259 g/mol. The van der Waals surface area contributed by atoms with Crippen molar-refractivity contribution in [1.82, 2.24) is 5.09 Å². The van der Waals surface area contributed by atoms with Gasteiger partial charge < -0.3 is 9.84 Å². The van der Waals surface area contributed by atoms with Gasteiger partial charge >= 0.3 is 6.09 Å². The molecule has 84 valence electrons. The molecule has 0 saturated carbocycles. The second-order valence-electron chi connectivity index (χ2n) is 2.41. The van der Waals surface area contributed by atoms with Crippen LogP contribution in [0.15, 0.2) is 0 Å². The first kappa shape index (κ1) is 14.2. The van der Waals surface area contributed by atoms with Crippen LogP contribution < -0.4 is 5.09 Å². The van der Waals surface area contributed by atoms with Gasteiger partial charge in [0.05, 0.1) is 0 Å². The molecule has 0 radical (unpaired) electrons. The summed E-state index contributed by atoms with van der Waals surface area (Å²) in [4.78, 5) is 10.4. The average molecular weight is 259 g/mol. The highest BCUT2D eigenvalue weighted by Crippen LogP contribution is 2.61. The Morgan fingerprint density at radius 3 is 2.57 bits per heavy atom. The molecule has 5 nitrogen and oxygen atoms in total. The number of rotatable bonds is 6. The lowest BCUT2D eigenvalue weighted by atomic mass is 10.5. The Balaban J connectivity index is 4.61. The Morgan fingerprint density at radius 2 is 2.29 bits per heavy atom. The van der Waals surface area contributed by atoms with Gasteiger partial charge in [-0.15, -0.1) is 11.7 Å². The van der Waals surface area contributed by atoms with Crippen molar-refractivity contribution in [2.45, 2.75) is 26.1 Å². The molecule has 2 unspecified atom stereocenters. The van der Waals surface area contributed by atoms with E-state index in [4.69, 9.17) is 9.84 Å². The maximum absolute atomic E-state index is 12.0. The van der Waals surface area contributed by atoms with Gasteiger partial charge in [0, 0.05) is 6.61 Å². The van der Waals surface area contributed by atoms with Crippen molar-refractivity contribution in [2.24, 2.45) is 0 Å². The van der Waals surface area contributed by atoms with Crippen molar-refractivity contribution in [2.75, 3.05) is 6.61 Å². The summed E-state index contributed by atoms with van der Waals surface area (Å²) in [6.45, 7) is 0.752. The molecule has 0 aromatic carbocycles. The van der Waals surface area contributed by atoms with Crippen LogP contribution in [0.3, 0.4) is 0 Å². The number of thiol groups is 1. The number of ether oxygens (including phenoxy) is 1. The van der Waals surface area contributed by atoms with E-state index in [9.17, 15) is 9.36 Å². The van der Waals surface area contributed by atoms with Gasteiger partial charge in [0.15, 0.2) is 0 Å². The van der Waals surface area contributed by atoms with E-state index in [1.165, 1.54) is 0 Å². The summed E-state index contributed by atoms with van der Waals surface area (Å²) in [7, 11) is 0.706. The van der Waals surface area contributed by atoms with E-state index in [1.54, 1.807) is 13.8 Å². The van der Waals surface area contributed by atoms with E-state index in [0.717, 1.165) is 0 Å². The summed E-state index contributed by atoms with van der Waals surface area (Å²) < 4.78 is 17.2. The van der Waals surface area contributed by atoms with Crippen LogP contribution in [-0.4, -0.2) is 23.7 Å². The van der Waals surface area contributed by atoms with Gasteiger partial charge in [-0.25, -0.2) is 4.79 Å². The molecule has 1 amide bonds. The largest absolute Gasteiger partial charge is 0.465 e. The summed E-state index contributed by atoms with van der Waals surface area (Å²) in [6.07, 6.45) is -0.855. The van der Waals surface area contributed by atoms with E-state index >= 15 is 0 Å². The lowest BCUT2D eigenvalue weighted by molar-refractivity contribution is 0.113. The van der Waals surface area contributed by atoms with Gasteiger partial charge in [-0.1, -0.05) is 6.92 Å². The Bertz CT molecular complexity index is 238. The van der Waals surface area contributed by atoms with Gasteiger partial charge in [0.1, 0.15) is 5.85 Å². The molecule has 0 aliphatic carbocycles. The van der Waals surface area contributed by atoms with Crippen LogP contribution in [-0.2, 0) is 9.30 Å². The van der Waals surface area contributed by atoms with Gasteiger partial charge in [-0.3, -0.25) is 9.65 Å². The summed E-state index contributed by atoms with van der Waals surface area (Å²) in [5, 5.41) is 10.5. The van der Waals surface area contributed by atoms with Crippen molar-refractivity contribution in [1.29, 1.82) is 0 Å². The number of nitrogens with one attached hydrogen (secondary N) is 1. The molecule has 14 heavy (non-hydrogen) atoms. The lowest BCUT2D eigenvalue weighted by Gasteiger charge is -2.23. The molecule has 0 fully saturated rings. The van der Waals surface area contributed by atoms with Gasteiger partial charge in [-0.2, -0.15) is 0 Å². The zero-order chi connectivity index (χ0) is 11.2. The van der Waals surface area contributed by atoms with Crippen LogP contribution in [0.25, 0.3) is 0 Å². The summed E-state index contributed by atoms with van der Waals surface area (Å²) in [5.74, 6) is -0.619. The highest BCUT2D eigenvalue weighted by Gasteiger charge is 2.34. The van der Waals surface area contributed by atoms with E-state index < -0.39 is 18.4 Å². The molecule has 0 aliphatic heterocycles. The van der Waals surface area contributed by atoms with Crippen LogP contribution in [0.1, 0.15) is 20.3 Å². The van der Waals surface area contributed by atoms with Crippen molar-refractivity contribution in [3.8, 4) is 0 Å². The minimum absolute atomic E-state index is 0.387. The highest BCUT2D eigenvalue weighted by molar-refractivity contribution is 8.94. The minimum Gasteiger partial charge on any atom is -0.465 e. The fourth-order valence-corrected chi connectivity index (χ4v) is 4.93. The van der Waals surface area contributed by atoms with Crippen molar-refractivity contribution < 1.29 is 19.2 Å². The number of hydrogen-bond acceptors (Lipinski definition) is 5. The zero-order valence-corrected chi connectivity index (χ0v) is 10.6. The average Bonchev–Trinajstić information content (AvgIpc) is 2.12. The molecule has 0 saturated heterocycles. The van der Waals surface area contributed by atoms with Gasteiger partial charge in [-0.05, 0) is 23.8 Å². The molecule has 0 aromatic heterocycles. The fourth-order valence-electron chi connectivity index (χ4n) is 0.927. The van der Waals surface area contributed by atoms with Crippen molar-refractivity contribution >= 4 is 34.7 Å². The second-order valence-corrected chi connectivity index (χ2v) is 8.16. The molecule has 0 rings (SSSR count). The van der Waals surface area contributed by atoms with Crippen LogP contribution in [0, 0.1) is 0 Å². The minimum atomic E-state index is -3.17. The molecule has 2 N–H and O–H groups in total. The van der Waals surface area contributed by atoms with E-state index in [2.05, 4.69) is 11.7 Å². The molecule has 8 heteroatoms. The van der Waals surface area contributed by atoms with Crippen molar-refractivity contribution in [3.05, 3.63) is 0 Å². The van der Waals surface area contributed by atoms with Crippen molar-refractivity contribution in [3.63, 3.8) is 0 Å². The third-order valence-electron chi connectivity index (χ3n) is 1.46. The molecule has 0 heterocycles. The molecule has 0 aromatic rings. The summed E-state index contributed by atoms with van der Waals surface area (Å²) in [6, 6.07) is 0. The molecular weight excluding hydrogens is 245 g/mol. The molecule has 0 aliphatic rings. The lowest BCUT2D eigenvalue weighted by Crippen LogP contribution is -2.24. The standard InChI is InChI=1S/C6H14NO4PS2/c1-3-5(11-4-2)12(10,14-13)7-6(8)9/h5,13H,3-4H2,1-2H3,(H,7,10)(H,8,9). The maximum atomic E-state index is 12.0. The molecular formula is C6H14NO4PS2. The first-order valence-corrected chi connectivity index (χ1v) is 8.30. The molecule has 0 spiro atoms. The molecule has 0 bridgehead atoms. The Kier molecular flexibility index (Phi) is 6.68. The highest BCUT2D eigenvalue weighted by atomic mass is 33.3. The van der Waals surface area contributed by atoms with Crippen LogP contribution in [0.2, 0.25) is 0 Å². The summed E-state index contributed by atoms with van der Waals surface area (Å²) in [5.41, 5.74) is 0. The predicted molar refractivity (Wildman–Crippen MR) is 61.0 cm³/mol. The molecule has 2 atom stereocenters. The Morgan fingerprint density at radius 1 is 1.71 bits per heavy atom. The quantitative estimate of drug-likeness (QED) is 0.388. The zero-order valence-electron chi connectivity index (χ0n) is 7.97. The first-order chi connectivity index (χ1) is 6.50. The number of carbonyl (C=O) groups is 1. The smallest absolute Gasteiger partial charge is 0.410 e. The van der Waals surface area contributed by atoms with Crippen LogP contribution in [0.4, 0.5) is 4.79 Å². The number of hydrogen-bond donors (Lipinski definition) is 3. The third-order valence-corrected chi connectivity index (χ3v) is 7.37. The third kappa shape index (κ3) is 4.13. The second kappa shape index (κ2) is 6.61. The van der Waals surface area contributed by atoms with Crippen LogP contribution >= 0.6 is 28.6 Å². The normalized spacial score (nSPS) is 17.1. The van der Waals surface area contributed by atoms with E-state index in [0.29, 0.717) is 23.4 Å². The Labute approximate surface area is 92.0 Å². The van der Waals surface area contributed by atoms with E-state index in [-0.39, 0.29) is 0 Å². The number of carboxylic acid groups (broad SMARTS) is 1. The van der Waals surface area contributed by atoms with Gasteiger partial charge in [0.25, 0.3) is 6.49 Å². The summed E-state index contributed by atoms with van der Waals surface area (Å²) >= 11 is 3.81. The first-order valence-electron chi connectivity index (χ1n) is 4.05. The Hall–Kier alpha value is 0.160.